The van der Waals surface area contributed by atoms with Gasteiger partial charge in [0.05, 0.1) is 0 Å². The van der Waals surface area contributed by atoms with Crippen molar-refractivity contribution < 1.29 is 9.59 Å². The fraction of sp³-hybridized carbons (Fsp3) is 0.636. The summed E-state index contributed by atoms with van der Waals surface area (Å²) in [6.45, 7) is 10.8. The summed E-state index contributed by atoms with van der Waals surface area (Å²) in [7, 11) is 0. The fourth-order valence-electron chi connectivity index (χ4n) is 5.29. The van der Waals surface area contributed by atoms with E-state index in [4.69, 9.17) is 0 Å². The van der Waals surface area contributed by atoms with Crippen molar-refractivity contribution in [3.8, 4) is 0 Å². The van der Waals surface area contributed by atoms with Gasteiger partial charge in [-0.05, 0) is 51.0 Å². The van der Waals surface area contributed by atoms with Crippen LogP contribution in [-0.4, -0.2) is 17.7 Å². The van der Waals surface area contributed by atoms with E-state index in [-0.39, 0.29) is 35.5 Å². The third-order valence-corrected chi connectivity index (χ3v) is 6.50. The minimum Gasteiger partial charge on any atom is -0.352 e. The molecular weight excluding hydrogens is 310 g/mol. The molecule has 25 heavy (non-hydrogen) atoms. The Labute approximate surface area is 151 Å². The molecule has 3 rings (SSSR count). The Bertz CT molecular complexity index is 670. The Hall–Kier alpha value is -1.64. The molecule has 5 atom stereocenters. The molecule has 0 bridgehead atoms. The predicted molar refractivity (Wildman–Crippen MR) is 101 cm³/mol. The van der Waals surface area contributed by atoms with Gasteiger partial charge in [-0.25, -0.2) is 0 Å². The van der Waals surface area contributed by atoms with E-state index in [9.17, 15) is 9.59 Å². The highest BCUT2D eigenvalue weighted by Crippen LogP contribution is 2.55. The Morgan fingerprint density at radius 1 is 1.28 bits per heavy atom. The van der Waals surface area contributed by atoms with Crippen molar-refractivity contribution in [1.29, 1.82) is 0 Å². The quantitative estimate of drug-likeness (QED) is 0.604. The summed E-state index contributed by atoms with van der Waals surface area (Å²) in [4.78, 5) is 26.6. The van der Waals surface area contributed by atoms with Gasteiger partial charge in [0.25, 0.3) is 0 Å². The standard InChI is InChI=1S/C22H31NO2/c1-13(2)10-18-20-16(5)15(4)12-17-11-14(3)8-6-7-9-19(24)22(17,20)21(25)23-18/h7-9,12-13,16-18,20H,6,10-11H2,1-5H3,(H,23,25)/b9-7+,14-8-/t16-,17+,18+,20+,22-/m1/s1. The molecule has 1 fully saturated rings. The van der Waals surface area contributed by atoms with Crippen LogP contribution in [0.2, 0.25) is 0 Å². The van der Waals surface area contributed by atoms with E-state index < -0.39 is 5.41 Å². The second kappa shape index (κ2) is 6.59. The molecule has 0 aromatic rings. The maximum absolute atomic E-state index is 13.4. The number of amides is 1. The molecule has 0 aromatic carbocycles. The lowest BCUT2D eigenvalue weighted by Crippen LogP contribution is -2.52. The average Bonchev–Trinajstić information content (AvgIpc) is 2.83. The Balaban J connectivity index is 2.18. The second-order valence-corrected chi connectivity index (χ2v) is 8.67. The largest absolute Gasteiger partial charge is 0.352 e. The molecule has 1 heterocycles. The van der Waals surface area contributed by atoms with Crippen LogP contribution in [0.5, 0.6) is 0 Å². The van der Waals surface area contributed by atoms with Crippen LogP contribution < -0.4 is 5.32 Å². The average molecular weight is 341 g/mol. The van der Waals surface area contributed by atoms with E-state index >= 15 is 0 Å². The van der Waals surface area contributed by atoms with Crippen molar-refractivity contribution in [2.24, 2.45) is 29.1 Å². The lowest BCUT2D eigenvalue weighted by molar-refractivity contribution is -0.143. The molecule has 3 aliphatic rings. The molecular formula is C22H31NO2. The number of allylic oxidation sites excluding steroid dienone is 6. The molecule has 0 aromatic heterocycles. The van der Waals surface area contributed by atoms with Crippen molar-refractivity contribution in [1.82, 2.24) is 5.32 Å². The molecule has 2 aliphatic carbocycles. The van der Waals surface area contributed by atoms with Gasteiger partial charge in [0, 0.05) is 17.9 Å². The third-order valence-electron chi connectivity index (χ3n) is 6.50. The zero-order valence-electron chi connectivity index (χ0n) is 16.1. The maximum Gasteiger partial charge on any atom is 0.235 e. The van der Waals surface area contributed by atoms with Gasteiger partial charge in [-0.3, -0.25) is 9.59 Å². The molecule has 1 aliphatic heterocycles. The first-order valence-electron chi connectivity index (χ1n) is 9.64. The highest BCUT2D eigenvalue weighted by molar-refractivity contribution is 6.13. The first kappa shape index (κ1) is 18.2. The molecule has 0 radical (unpaired) electrons. The summed E-state index contributed by atoms with van der Waals surface area (Å²) in [6, 6.07) is 0.0797. The maximum atomic E-state index is 13.4. The highest BCUT2D eigenvalue weighted by Gasteiger charge is 2.65. The van der Waals surface area contributed by atoms with Crippen molar-refractivity contribution in [2.75, 3.05) is 0 Å². The monoisotopic (exact) mass is 341 g/mol. The van der Waals surface area contributed by atoms with Gasteiger partial charge in [0.2, 0.25) is 5.91 Å². The van der Waals surface area contributed by atoms with Gasteiger partial charge in [0.1, 0.15) is 5.41 Å². The molecule has 136 valence electrons. The summed E-state index contributed by atoms with van der Waals surface area (Å²) in [5, 5.41) is 3.24. The van der Waals surface area contributed by atoms with Crippen LogP contribution in [0.15, 0.2) is 35.5 Å². The number of hydrogen-bond donors (Lipinski definition) is 1. The third kappa shape index (κ3) is 2.82. The number of nitrogens with one attached hydrogen (secondary N) is 1. The molecule has 0 unspecified atom stereocenters. The van der Waals surface area contributed by atoms with Gasteiger partial charge in [-0.1, -0.05) is 50.1 Å². The van der Waals surface area contributed by atoms with E-state index in [1.54, 1.807) is 6.08 Å². The molecule has 1 N–H and O–H groups in total. The molecule has 3 heteroatoms. The molecule has 3 nitrogen and oxygen atoms in total. The van der Waals surface area contributed by atoms with Gasteiger partial charge >= 0.3 is 0 Å². The van der Waals surface area contributed by atoms with E-state index in [2.05, 4.69) is 52.1 Å². The summed E-state index contributed by atoms with van der Waals surface area (Å²) in [6.07, 6.45) is 10.5. The number of ketones is 1. The summed E-state index contributed by atoms with van der Waals surface area (Å²) >= 11 is 0. The van der Waals surface area contributed by atoms with E-state index in [1.807, 2.05) is 6.08 Å². The zero-order chi connectivity index (χ0) is 18.4. The fourth-order valence-corrected chi connectivity index (χ4v) is 5.29. The van der Waals surface area contributed by atoms with Crippen LogP contribution in [0.25, 0.3) is 0 Å². The van der Waals surface area contributed by atoms with Crippen LogP contribution >= 0.6 is 0 Å². The highest BCUT2D eigenvalue weighted by atomic mass is 16.2. The normalized spacial score (nSPS) is 41.5. The van der Waals surface area contributed by atoms with Crippen LogP contribution in [0.1, 0.15) is 53.9 Å². The van der Waals surface area contributed by atoms with Crippen LogP contribution in [0, 0.1) is 29.1 Å². The van der Waals surface area contributed by atoms with Gasteiger partial charge < -0.3 is 5.32 Å². The second-order valence-electron chi connectivity index (χ2n) is 8.67. The summed E-state index contributed by atoms with van der Waals surface area (Å²) in [5.74, 6) is 0.679. The molecule has 1 spiro atoms. The summed E-state index contributed by atoms with van der Waals surface area (Å²) in [5.41, 5.74) is 1.65. The minimum atomic E-state index is -0.936. The van der Waals surface area contributed by atoms with Gasteiger partial charge in [-0.2, -0.15) is 0 Å². The smallest absolute Gasteiger partial charge is 0.235 e. The molecule has 1 amide bonds. The van der Waals surface area contributed by atoms with Crippen LogP contribution in [0.4, 0.5) is 0 Å². The van der Waals surface area contributed by atoms with Crippen molar-refractivity contribution >= 4 is 11.7 Å². The van der Waals surface area contributed by atoms with E-state index in [1.165, 1.54) is 11.1 Å². The number of carbonyl (C=O) groups is 2. The van der Waals surface area contributed by atoms with Crippen molar-refractivity contribution in [2.45, 2.75) is 59.9 Å². The number of rotatable bonds is 2. The van der Waals surface area contributed by atoms with Crippen molar-refractivity contribution in [3.05, 3.63) is 35.5 Å². The predicted octanol–water partition coefficient (Wildman–Crippen LogP) is 4.21. The van der Waals surface area contributed by atoms with E-state index in [0.717, 1.165) is 19.3 Å². The zero-order valence-corrected chi connectivity index (χ0v) is 16.1. The Morgan fingerprint density at radius 3 is 2.68 bits per heavy atom. The first-order valence-corrected chi connectivity index (χ1v) is 9.64. The van der Waals surface area contributed by atoms with Gasteiger partial charge in [-0.15, -0.1) is 0 Å². The lowest BCUT2D eigenvalue weighted by Gasteiger charge is -2.45. The number of carbonyl (C=O) groups excluding carboxylic acids is 2. The summed E-state index contributed by atoms with van der Waals surface area (Å²) < 4.78 is 0. The number of hydrogen-bond acceptors (Lipinski definition) is 2. The van der Waals surface area contributed by atoms with Crippen LogP contribution in [-0.2, 0) is 9.59 Å². The van der Waals surface area contributed by atoms with E-state index in [0.29, 0.717) is 5.92 Å². The van der Waals surface area contributed by atoms with Crippen LogP contribution in [0.3, 0.4) is 0 Å². The minimum absolute atomic E-state index is 0.00459. The first-order chi connectivity index (χ1) is 11.8. The molecule has 1 saturated heterocycles. The Kier molecular flexibility index (Phi) is 4.78. The molecule has 0 saturated carbocycles. The Morgan fingerprint density at radius 2 is 2.00 bits per heavy atom. The van der Waals surface area contributed by atoms with Gasteiger partial charge in [0.15, 0.2) is 5.78 Å². The van der Waals surface area contributed by atoms with Crippen molar-refractivity contribution in [3.63, 3.8) is 0 Å². The topological polar surface area (TPSA) is 46.2 Å². The SMILES string of the molecule is CC1=C[C@@H]2C/C(C)=C\C/C=C/C(=O)[C@]23C(=O)N[C@@H](CC(C)C)[C@@H]3[C@@H]1C. The lowest BCUT2D eigenvalue weighted by atomic mass is 9.54.